The lowest BCUT2D eigenvalue weighted by atomic mass is 10.2. The highest BCUT2D eigenvalue weighted by Gasteiger charge is 2.10. The van der Waals surface area contributed by atoms with Gasteiger partial charge in [0.2, 0.25) is 0 Å². The van der Waals surface area contributed by atoms with Crippen LogP contribution in [0.4, 0.5) is 0 Å². The van der Waals surface area contributed by atoms with E-state index in [1.54, 1.807) is 29.1 Å². The normalized spacial score (nSPS) is 10.4. The molecule has 1 aromatic carbocycles. The van der Waals surface area contributed by atoms with E-state index < -0.39 is 0 Å². The molecule has 1 amide bonds. The zero-order valence-corrected chi connectivity index (χ0v) is 12.0. The molecule has 0 spiro atoms. The fourth-order valence-electron chi connectivity index (χ4n) is 1.51. The summed E-state index contributed by atoms with van der Waals surface area (Å²) in [6, 6.07) is 6.92. The second-order valence-electron chi connectivity index (χ2n) is 3.75. The molecule has 2 aromatic rings. The first-order chi connectivity index (χ1) is 8.58. The Morgan fingerprint density at radius 3 is 2.89 bits per heavy atom. The summed E-state index contributed by atoms with van der Waals surface area (Å²) < 4.78 is 2.40. The fraction of sp³-hybridized carbons (Fsp3) is 0.167. The molecular formula is C12H11BrClN3O. The molecule has 0 saturated heterocycles. The highest BCUT2D eigenvalue weighted by atomic mass is 79.9. The molecule has 0 aliphatic carbocycles. The number of nitrogens with one attached hydrogen (secondary N) is 1. The quantitative estimate of drug-likeness (QED) is 0.942. The van der Waals surface area contributed by atoms with Crippen molar-refractivity contribution in [2.45, 2.75) is 6.54 Å². The van der Waals surface area contributed by atoms with Gasteiger partial charge in [0.1, 0.15) is 0 Å². The van der Waals surface area contributed by atoms with Gasteiger partial charge in [0.25, 0.3) is 5.91 Å². The van der Waals surface area contributed by atoms with Gasteiger partial charge in [0.15, 0.2) is 0 Å². The van der Waals surface area contributed by atoms with Crippen LogP contribution in [0.3, 0.4) is 0 Å². The van der Waals surface area contributed by atoms with Crippen molar-refractivity contribution < 1.29 is 4.79 Å². The molecule has 1 N–H and O–H groups in total. The Bertz CT molecular complexity index is 582. The first kappa shape index (κ1) is 13.1. The lowest BCUT2D eigenvalue weighted by Crippen LogP contribution is -2.24. The molecule has 94 valence electrons. The summed E-state index contributed by atoms with van der Waals surface area (Å²) >= 11 is 9.15. The van der Waals surface area contributed by atoms with Crippen LogP contribution in [0, 0.1) is 0 Å². The van der Waals surface area contributed by atoms with E-state index in [9.17, 15) is 4.79 Å². The minimum absolute atomic E-state index is 0.153. The van der Waals surface area contributed by atoms with Crippen molar-refractivity contribution >= 4 is 33.4 Å². The third-order valence-electron chi connectivity index (χ3n) is 2.53. The number of rotatable bonds is 3. The SMILES string of the molecule is Cn1nccc1CNC(=O)c1ccc(Cl)cc1Br. The monoisotopic (exact) mass is 327 g/mol. The molecule has 18 heavy (non-hydrogen) atoms. The van der Waals surface area contributed by atoms with Crippen LogP contribution < -0.4 is 5.32 Å². The third kappa shape index (κ3) is 2.91. The maximum Gasteiger partial charge on any atom is 0.252 e. The minimum atomic E-state index is -0.153. The van der Waals surface area contributed by atoms with Gasteiger partial charge in [-0.1, -0.05) is 11.6 Å². The first-order valence-electron chi connectivity index (χ1n) is 5.28. The zero-order chi connectivity index (χ0) is 13.1. The molecule has 6 heteroatoms. The molecule has 0 aliphatic rings. The van der Waals surface area contributed by atoms with Gasteiger partial charge in [0, 0.05) is 22.7 Å². The topological polar surface area (TPSA) is 46.9 Å². The van der Waals surface area contributed by atoms with Gasteiger partial charge in [-0.15, -0.1) is 0 Å². The lowest BCUT2D eigenvalue weighted by molar-refractivity contribution is 0.0949. The van der Waals surface area contributed by atoms with Gasteiger partial charge >= 0.3 is 0 Å². The molecule has 2 rings (SSSR count). The van der Waals surface area contributed by atoms with Crippen molar-refractivity contribution in [3.63, 3.8) is 0 Å². The number of aryl methyl sites for hydroxylation is 1. The minimum Gasteiger partial charge on any atom is -0.346 e. The molecule has 0 atom stereocenters. The van der Waals surface area contributed by atoms with E-state index in [-0.39, 0.29) is 5.91 Å². The number of carbonyl (C=O) groups excluding carboxylic acids is 1. The van der Waals surface area contributed by atoms with Gasteiger partial charge in [-0.25, -0.2) is 0 Å². The summed E-state index contributed by atoms with van der Waals surface area (Å²) in [5.41, 5.74) is 1.50. The van der Waals surface area contributed by atoms with Crippen molar-refractivity contribution in [2.24, 2.45) is 7.05 Å². The fourth-order valence-corrected chi connectivity index (χ4v) is 2.38. The Kier molecular flexibility index (Phi) is 4.04. The first-order valence-corrected chi connectivity index (χ1v) is 6.45. The Morgan fingerprint density at radius 1 is 1.50 bits per heavy atom. The summed E-state index contributed by atoms with van der Waals surface area (Å²) in [5.74, 6) is -0.153. The molecule has 0 fully saturated rings. The van der Waals surface area contributed by atoms with Crippen LogP contribution >= 0.6 is 27.5 Å². The highest BCUT2D eigenvalue weighted by molar-refractivity contribution is 9.10. The van der Waals surface area contributed by atoms with Gasteiger partial charge < -0.3 is 5.32 Å². The summed E-state index contributed by atoms with van der Waals surface area (Å²) in [6.45, 7) is 0.435. The largest absolute Gasteiger partial charge is 0.346 e. The van der Waals surface area contributed by atoms with Crippen LogP contribution in [-0.2, 0) is 13.6 Å². The Labute approximate surface area is 118 Å². The third-order valence-corrected chi connectivity index (χ3v) is 3.42. The van der Waals surface area contributed by atoms with Crippen LogP contribution in [0.5, 0.6) is 0 Å². The number of carbonyl (C=O) groups is 1. The molecule has 1 heterocycles. The number of nitrogens with zero attached hydrogens (tertiary/aromatic N) is 2. The predicted octanol–water partition coefficient (Wildman–Crippen LogP) is 2.77. The van der Waals surface area contributed by atoms with Crippen LogP contribution in [0.15, 0.2) is 34.9 Å². The molecule has 0 bridgehead atoms. The van der Waals surface area contributed by atoms with E-state index in [2.05, 4.69) is 26.3 Å². The van der Waals surface area contributed by atoms with Gasteiger partial charge in [-0.2, -0.15) is 5.10 Å². The standard InChI is InChI=1S/C12H11BrClN3O/c1-17-9(4-5-16-17)7-15-12(18)10-3-2-8(14)6-11(10)13/h2-6H,7H2,1H3,(H,15,18). The van der Waals surface area contributed by atoms with Crippen molar-refractivity contribution in [1.82, 2.24) is 15.1 Å². The Balaban J connectivity index is 2.06. The number of hydrogen-bond acceptors (Lipinski definition) is 2. The Hall–Kier alpha value is -1.33. The van der Waals surface area contributed by atoms with Crippen LogP contribution in [0.1, 0.15) is 16.1 Å². The number of aromatic nitrogens is 2. The molecule has 0 radical (unpaired) electrons. The smallest absolute Gasteiger partial charge is 0.252 e. The molecule has 4 nitrogen and oxygen atoms in total. The van der Waals surface area contributed by atoms with E-state index in [0.717, 1.165) is 5.69 Å². The van der Waals surface area contributed by atoms with Gasteiger partial charge in [0.05, 0.1) is 17.8 Å². The molecule has 1 aromatic heterocycles. The van der Waals surface area contributed by atoms with E-state index >= 15 is 0 Å². The van der Waals surface area contributed by atoms with Crippen LogP contribution in [0.25, 0.3) is 0 Å². The number of benzene rings is 1. The number of halogens is 2. The van der Waals surface area contributed by atoms with E-state index in [1.807, 2.05) is 13.1 Å². The average Bonchev–Trinajstić information content (AvgIpc) is 2.72. The van der Waals surface area contributed by atoms with Gasteiger partial charge in [-0.3, -0.25) is 9.48 Å². The summed E-state index contributed by atoms with van der Waals surface area (Å²) in [5, 5.41) is 7.45. The summed E-state index contributed by atoms with van der Waals surface area (Å²) in [6.07, 6.45) is 1.69. The summed E-state index contributed by atoms with van der Waals surface area (Å²) in [7, 11) is 1.83. The lowest BCUT2D eigenvalue weighted by Gasteiger charge is -2.07. The van der Waals surface area contributed by atoms with E-state index in [1.165, 1.54) is 0 Å². The summed E-state index contributed by atoms with van der Waals surface area (Å²) in [4.78, 5) is 12.0. The number of hydrogen-bond donors (Lipinski definition) is 1. The van der Waals surface area contributed by atoms with Crippen LogP contribution in [0.2, 0.25) is 5.02 Å². The second kappa shape index (κ2) is 5.54. The maximum absolute atomic E-state index is 12.0. The van der Waals surface area contributed by atoms with E-state index in [0.29, 0.717) is 21.6 Å². The molecule has 0 saturated carbocycles. The van der Waals surface area contributed by atoms with Crippen LogP contribution in [-0.4, -0.2) is 15.7 Å². The van der Waals surface area contributed by atoms with Crippen molar-refractivity contribution in [2.75, 3.05) is 0 Å². The average molecular weight is 329 g/mol. The van der Waals surface area contributed by atoms with Crippen molar-refractivity contribution in [3.8, 4) is 0 Å². The van der Waals surface area contributed by atoms with Gasteiger partial charge in [-0.05, 0) is 40.2 Å². The maximum atomic E-state index is 12.0. The molecular weight excluding hydrogens is 318 g/mol. The number of amides is 1. The zero-order valence-electron chi connectivity index (χ0n) is 9.65. The second-order valence-corrected chi connectivity index (χ2v) is 5.04. The molecule has 0 unspecified atom stereocenters. The van der Waals surface area contributed by atoms with Crippen molar-refractivity contribution in [3.05, 3.63) is 51.2 Å². The predicted molar refractivity (Wildman–Crippen MR) is 73.5 cm³/mol. The van der Waals surface area contributed by atoms with Crippen molar-refractivity contribution in [1.29, 1.82) is 0 Å². The van der Waals surface area contributed by atoms with E-state index in [4.69, 9.17) is 11.6 Å². The molecule has 0 aliphatic heterocycles. The Morgan fingerprint density at radius 2 is 2.28 bits per heavy atom. The highest BCUT2D eigenvalue weighted by Crippen LogP contribution is 2.21.